The molecule has 0 aliphatic carbocycles. The lowest BCUT2D eigenvalue weighted by Gasteiger charge is -2.26. The maximum atomic E-state index is 11.3. The van der Waals surface area contributed by atoms with Crippen molar-refractivity contribution in [2.24, 2.45) is 13.0 Å². The van der Waals surface area contributed by atoms with Gasteiger partial charge in [0.1, 0.15) is 5.82 Å². The van der Waals surface area contributed by atoms with Gasteiger partial charge in [-0.15, -0.1) is 23.2 Å². The van der Waals surface area contributed by atoms with E-state index in [1.165, 1.54) is 0 Å². The zero-order valence-electron chi connectivity index (χ0n) is 16.8. The van der Waals surface area contributed by atoms with Crippen LogP contribution in [0.5, 0.6) is 0 Å². The standard InChI is InChI=1S/C19H27Cl2N3O2/c1-12(8-19(25)26)7-18-22-15-10-16(13(2)9-17(15)23(18)4)24(6-5-20)11-14(3)21/h9-10,12,14H,5-8,11H2,1-4H3,(H,25,26)/i/hD. The van der Waals surface area contributed by atoms with Gasteiger partial charge >= 0.3 is 5.97 Å². The molecule has 0 spiro atoms. The molecule has 1 aromatic carbocycles. The van der Waals surface area contributed by atoms with Crippen molar-refractivity contribution >= 4 is 45.9 Å². The van der Waals surface area contributed by atoms with E-state index in [4.69, 9.17) is 29.6 Å². The molecule has 5 nitrogen and oxygen atoms in total. The van der Waals surface area contributed by atoms with Gasteiger partial charge in [0.05, 0.1) is 11.0 Å². The highest BCUT2D eigenvalue weighted by atomic mass is 35.5. The van der Waals surface area contributed by atoms with Gasteiger partial charge in [-0.25, -0.2) is 4.98 Å². The van der Waals surface area contributed by atoms with Gasteiger partial charge in [-0.1, -0.05) is 6.92 Å². The quantitative estimate of drug-likeness (QED) is 0.640. The molecule has 2 atom stereocenters. The second-order valence-electron chi connectivity index (χ2n) is 7.02. The van der Waals surface area contributed by atoms with Crippen LogP contribution in [0, 0.1) is 12.8 Å². The first-order chi connectivity index (χ1) is 12.8. The third kappa shape index (κ3) is 5.04. The Kier molecular flexibility index (Phi) is 6.65. The van der Waals surface area contributed by atoms with E-state index in [-0.39, 0.29) is 17.7 Å². The predicted octanol–water partition coefficient (Wildman–Crippen LogP) is 4.21. The number of hydrogen-bond donors (Lipinski definition) is 1. The normalized spacial score (nSPS) is 14.2. The number of halogens is 2. The Morgan fingerprint density at radius 1 is 1.46 bits per heavy atom. The minimum absolute atomic E-state index is 0.0141. The molecule has 2 unspecified atom stereocenters. The fourth-order valence-corrected chi connectivity index (χ4v) is 3.66. The Hall–Kier alpha value is -1.46. The van der Waals surface area contributed by atoms with Gasteiger partial charge in [0.25, 0.3) is 1.43 Å². The van der Waals surface area contributed by atoms with Crippen LogP contribution in [-0.4, -0.2) is 45.0 Å². The molecule has 0 fully saturated rings. The summed E-state index contributed by atoms with van der Waals surface area (Å²) in [6.07, 6.45) is 0.840. The highest BCUT2D eigenvalue weighted by Crippen LogP contribution is 2.28. The summed E-state index contributed by atoms with van der Waals surface area (Å²) in [4.78, 5) is 18.3. The predicted molar refractivity (Wildman–Crippen MR) is 109 cm³/mol. The van der Waals surface area contributed by atoms with E-state index in [1.807, 2.05) is 20.9 Å². The van der Waals surface area contributed by atoms with Crippen LogP contribution in [0.3, 0.4) is 0 Å². The van der Waals surface area contributed by atoms with Crippen molar-refractivity contribution in [2.75, 3.05) is 23.9 Å². The monoisotopic (exact) mass is 400 g/mol. The zero-order valence-corrected chi connectivity index (χ0v) is 17.3. The van der Waals surface area contributed by atoms with Crippen molar-refractivity contribution in [2.45, 2.75) is 39.0 Å². The lowest BCUT2D eigenvalue weighted by molar-refractivity contribution is -0.137. The average molecular weight is 401 g/mol. The van der Waals surface area contributed by atoms with E-state index in [9.17, 15) is 4.79 Å². The van der Waals surface area contributed by atoms with E-state index in [2.05, 4.69) is 33.6 Å². The molecular weight excluding hydrogens is 373 g/mol. The summed E-state index contributed by atoms with van der Waals surface area (Å²) in [5, 5.41) is 4.03. The number of anilines is 1. The van der Waals surface area contributed by atoms with Crippen LogP contribution in [0.4, 0.5) is 5.69 Å². The molecule has 2 rings (SSSR count). The van der Waals surface area contributed by atoms with Crippen LogP contribution >= 0.6 is 23.2 Å². The summed E-state index contributed by atoms with van der Waals surface area (Å²) in [6.45, 7) is 7.44. The molecule has 0 saturated heterocycles. The molecule has 0 radical (unpaired) electrons. The first kappa shape index (κ1) is 19.3. The number of nitrogens with zero attached hydrogens (tertiary/aromatic N) is 3. The molecule has 26 heavy (non-hydrogen) atoms. The minimum atomic E-state index is -0.522. The maximum absolute atomic E-state index is 11.3. The lowest BCUT2D eigenvalue weighted by atomic mass is 10.0. The number of aliphatic carboxylic acids is 1. The van der Waals surface area contributed by atoms with Crippen molar-refractivity contribution in [1.29, 1.82) is 1.43 Å². The van der Waals surface area contributed by atoms with E-state index in [0.717, 1.165) is 34.7 Å². The molecule has 0 saturated carbocycles. The topological polar surface area (TPSA) is 58.4 Å². The first-order valence-corrected chi connectivity index (χ1v) is 9.80. The summed E-state index contributed by atoms with van der Waals surface area (Å²) in [5.74, 6) is 0.953. The Morgan fingerprint density at radius 2 is 2.19 bits per heavy atom. The molecule has 144 valence electrons. The van der Waals surface area contributed by atoms with Gasteiger partial charge < -0.3 is 14.6 Å². The highest BCUT2D eigenvalue weighted by molar-refractivity contribution is 6.20. The van der Waals surface area contributed by atoms with Crippen LogP contribution in [-0.2, 0) is 18.3 Å². The van der Waals surface area contributed by atoms with Gasteiger partial charge in [0.15, 0.2) is 0 Å². The van der Waals surface area contributed by atoms with Gasteiger partial charge in [-0.2, -0.15) is 0 Å². The third-order valence-corrected chi connectivity index (χ3v) is 4.81. The third-order valence-electron chi connectivity index (χ3n) is 4.50. The number of imidazole rings is 1. The van der Waals surface area contributed by atoms with Crippen molar-refractivity contribution in [3.63, 3.8) is 0 Å². The Bertz CT molecular complexity index is 795. The number of alkyl halides is 2. The average Bonchev–Trinajstić information content (AvgIpc) is 2.88. The number of fused-ring (bicyclic) bond motifs is 1. The van der Waals surface area contributed by atoms with Crippen molar-refractivity contribution in [3.05, 3.63) is 23.5 Å². The zero-order chi connectivity index (χ0) is 20.1. The molecule has 1 aromatic heterocycles. The number of carboxylic acid groups (broad SMARTS) is 1. The van der Waals surface area contributed by atoms with Crippen LogP contribution < -0.4 is 4.90 Å². The molecule has 0 amide bonds. The van der Waals surface area contributed by atoms with Gasteiger partial charge in [-0.3, -0.25) is 4.79 Å². The molecular formula is C19H27Cl2N3O2. The number of rotatable bonds is 9. The molecule has 0 bridgehead atoms. The number of carbonyl (C=O) groups is 1. The fraction of sp³-hybridized carbons (Fsp3) is 0.579. The van der Waals surface area contributed by atoms with Crippen LogP contribution in [0.15, 0.2) is 12.1 Å². The fourth-order valence-electron chi connectivity index (χ4n) is 3.29. The smallest absolute Gasteiger partial charge is 0.303 e. The van der Waals surface area contributed by atoms with Crippen LogP contribution in [0.1, 0.15) is 31.7 Å². The second kappa shape index (κ2) is 8.96. The maximum Gasteiger partial charge on any atom is 0.303 e. The highest BCUT2D eigenvalue weighted by Gasteiger charge is 2.17. The number of aromatic nitrogens is 2. The lowest BCUT2D eigenvalue weighted by Crippen LogP contribution is -2.31. The van der Waals surface area contributed by atoms with E-state index in [1.54, 1.807) is 0 Å². The van der Waals surface area contributed by atoms with Crippen molar-refractivity contribution in [3.8, 4) is 0 Å². The molecule has 2 aromatic rings. The summed E-state index contributed by atoms with van der Waals surface area (Å²) in [7, 11) is 1.98. The number of benzene rings is 1. The molecule has 0 aliphatic heterocycles. The number of hydrogen-bond acceptors (Lipinski definition) is 4. The van der Waals surface area contributed by atoms with Gasteiger partial charge in [0.2, 0.25) is 0 Å². The summed E-state index contributed by atoms with van der Waals surface area (Å²) >= 11 is 12.2. The number of aryl methyl sites for hydroxylation is 2. The largest absolute Gasteiger partial charge is 0.481 e. The van der Waals surface area contributed by atoms with Gasteiger partial charge in [0, 0.05) is 49.9 Å². The molecule has 1 N–H and O–H groups in total. The van der Waals surface area contributed by atoms with Crippen LogP contribution in [0.2, 0.25) is 0 Å². The summed E-state index contributed by atoms with van der Waals surface area (Å²) < 4.78 is 8.75. The first-order valence-electron chi connectivity index (χ1n) is 9.24. The van der Waals surface area contributed by atoms with Crippen molar-refractivity contribution in [1.82, 2.24) is 9.55 Å². The summed E-state index contributed by atoms with van der Waals surface area (Å²) in [6, 6.07) is 4.22. The Labute approximate surface area is 166 Å². The molecule has 1 heterocycles. The summed E-state index contributed by atoms with van der Waals surface area (Å²) in [5.41, 5.74) is 4.19. The van der Waals surface area contributed by atoms with E-state index in [0.29, 0.717) is 18.8 Å². The van der Waals surface area contributed by atoms with Gasteiger partial charge in [-0.05, 0) is 37.5 Å². The molecule has 7 heteroatoms. The Morgan fingerprint density at radius 3 is 2.81 bits per heavy atom. The Balaban J connectivity index is 2.34. The van der Waals surface area contributed by atoms with Crippen LogP contribution in [0.25, 0.3) is 12.5 Å². The van der Waals surface area contributed by atoms with E-state index >= 15 is 0 Å². The minimum Gasteiger partial charge on any atom is -0.481 e. The number of carboxylic acids is 1. The van der Waals surface area contributed by atoms with E-state index < -0.39 is 5.97 Å². The van der Waals surface area contributed by atoms with Crippen molar-refractivity contribution < 1.29 is 9.90 Å². The molecule has 0 aliphatic rings. The second-order valence-corrected chi connectivity index (χ2v) is 8.14. The SMILES string of the molecule is [2H]OC(=O)CC(C)Cc1nc2cc(N(CCCl)CC(C)Cl)c(C)cc2n1C.